The Hall–Kier alpha value is -4.64. The number of ether oxygens (including phenoxy) is 2. The average Bonchev–Trinajstić information content (AvgIpc) is 3.36. The Morgan fingerprint density at radius 3 is 2.71 bits per heavy atom. The lowest BCUT2D eigenvalue weighted by atomic mass is 9.74. The van der Waals surface area contributed by atoms with E-state index in [9.17, 15) is 9.50 Å². The van der Waals surface area contributed by atoms with Crippen LogP contribution in [0.25, 0.3) is 32.9 Å². The Bertz CT molecular complexity index is 1980. The molecule has 4 aliphatic rings. The maximum Gasteiger partial charge on any atom is 0.319 e. The molecule has 0 spiro atoms. The van der Waals surface area contributed by atoms with Gasteiger partial charge in [0.2, 0.25) is 0 Å². The van der Waals surface area contributed by atoms with E-state index in [1.54, 1.807) is 6.20 Å². The number of phenolic OH excluding ortho intramolecular Hbond substituents is 1. The number of nitrogens with zero attached hydrogens (tertiary/aromatic N) is 6. The second-order valence-corrected chi connectivity index (χ2v) is 14.0. The van der Waals surface area contributed by atoms with Crippen LogP contribution in [0.5, 0.6) is 11.8 Å². The van der Waals surface area contributed by atoms with Crippen molar-refractivity contribution in [3.63, 3.8) is 0 Å². The van der Waals surface area contributed by atoms with Crippen molar-refractivity contribution in [3.8, 4) is 35.4 Å². The van der Waals surface area contributed by atoms with Crippen molar-refractivity contribution in [3.05, 3.63) is 47.7 Å². The van der Waals surface area contributed by atoms with Gasteiger partial charge in [0.05, 0.1) is 24.2 Å². The van der Waals surface area contributed by atoms with E-state index in [4.69, 9.17) is 30.8 Å². The Morgan fingerprint density at radius 2 is 1.92 bits per heavy atom. The maximum atomic E-state index is 16.9. The predicted molar refractivity (Wildman–Crippen MR) is 189 cm³/mol. The van der Waals surface area contributed by atoms with Crippen molar-refractivity contribution in [2.75, 3.05) is 64.5 Å². The lowest BCUT2D eigenvalue weighted by Gasteiger charge is -2.53. The normalized spacial score (nSPS) is 22.8. The third kappa shape index (κ3) is 6.52. The van der Waals surface area contributed by atoms with Gasteiger partial charge in [-0.05, 0) is 69.3 Å². The number of anilines is 1. The van der Waals surface area contributed by atoms with Gasteiger partial charge in [0.25, 0.3) is 6.47 Å². The van der Waals surface area contributed by atoms with Crippen LogP contribution in [0.4, 0.5) is 14.6 Å². The average molecular weight is 701 g/mol. The molecule has 51 heavy (non-hydrogen) atoms. The lowest BCUT2D eigenvalue weighted by molar-refractivity contribution is -0.122. The summed E-state index contributed by atoms with van der Waals surface area (Å²) in [4.78, 5) is 29.6. The van der Waals surface area contributed by atoms with E-state index < -0.39 is 11.6 Å². The molecule has 2 aromatic carbocycles. The molecule has 0 bridgehead atoms. The number of hydrogen-bond acceptors (Lipinski definition) is 10. The SMILES string of the molecule is C#Cc1c(F)ccc2cc(O)cc(-c3ncc4c(N5CCCOCC5)nc(OCC56CCCC5N(C5CN(C)C5)CCC6)nc4c3F)c12.O=CO. The van der Waals surface area contributed by atoms with Crippen LogP contribution in [0.3, 0.4) is 0 Å². The molecule has 2 atom stereocenters. The Labute approximate surface area is 295 Å². The van der Waals surface area contributed by atoms with Gasteiger partial charge in [-0.25, -0.2) is 8.78 Å². The molecule has 4 fully saturated rings. The lowest BCUT2D eigenvalue weighted by Crippen LogP contribution is -2.64. The summed E-state index contributed by atoms with van der Waals surface area (Å²) in [5.41, 5.74) is 0.103. The number of terminal acetylenes is 1. The van der Waals surface area contributed by atoms with Crippen molar-refractivity contribution >= 4 is 34.0 Å². The molecule has 2 N–H and O–H groups in total. The minimum atomic E-state index is -0.721. The predicted octanol–water partition coefficient (Wildman–Crippen LogP) is 5.07. The number of fused-ring (bicyclic) bond motifs is 3. The second-order valence-electron chi connectivity index (χ2n) is 14.0. The summed E-state index contributed by atoms with van der Waals surface area (Å²) < 4.78 is 44.0. The van der Waals surface area contributed by atoms with Crippen LogP contribution >= 0.6 is 0 Å². The summed E-state index contributed by atoms with van der Waals surface area (Å²) in [6, 6.07) is 6.73. The molecule has 3 saturated heterocycles. The summed E-state index contributed by atoms with van der Waals surface area (Å²) in [6.45, 7) is 5.94. The number of benzene rings is 2. The van der Waals surface area contributed by atoms with Crippen LogP contribution in [0.1, 0.15) is 44.1 Å². The fourth-order valence-electron chi connectivity index (χ4n) is 8.69. The van der Waals surface area contributed by atoms with Crippen LogP contribution in [0, 0.1) is 29.4 Å². The van der Waals surface area contributed by atoms with Gasteiger partial charge in [-0.2, -0.15) is 9.97 Å². The summed E-state index contributed by atoms with van der Waals surface area (Å²) >= 11 is 0. The minimum Gasteiger partial charge on any atom is -0.508 e. The van der Waals surface area contributed by atoms with Crippen LogP contribution in [0.2, 0.25) is 0 Å². The molecular formula is C38H42F2N6O5. The zero-order chi connectivity index (χ0) is 35.7. The molecule has 0 radical (unpaired) electrons. The van der Waals surface area contributed by atoms with E-state index in [0.717, 1.165) is 58.2 Å². The van der Waals surface area contributed by atoms with Crippen LogP contribution in [-0.2, 0) is 9.53 Å². The quantitative estimate of drug-likeness (QED) is 0.207. The van der Waals surface area contributed by atoms with E-state index in [2.05, 4.69) is 37.6 Å². The van der Waals surface area contributed by atoms with Crippen LogP contribution in [-0.4, -0.2) is 113 Å². The number of rotatable bonds is 6. The second kappa shape index (κ2) is 14.5. The zero-order valence-electron chi connectivity index (χ0n) is 28.7. The Kier molecular flexibility index (Phi) is 9.92. The minimum absolute atomic E-state index is 0.000533. The third-order valence-electron chi connectivity index (χ3n) is 11.0. The van der Waals surface area contributed by atoms with E-state index >= 15 is 4.39 Å². The fourth-order valence-corrected chi connectivity index (χ4v) is 8.69. The molecular weight excluding hydrogens is 658 g/mol. The molecule has 5 heterocycles. The van der Waals surface area contributed by atoms with E-state index in [1.807, 2.05) is 0 Å². The first-order chi connectivity index (χ1) is 24.8. The molecule has 13 heteroatoms. The molecule has 8 rings (SSSR count). The highest BCUT2D eigenvalue weighted by Gasteiger charge is 2.51. The molecule has 268 valence electrons. The molecule has 1 saturated carbocycles. The van der Waals surface area contributed by atoms with Crippen molar-refractivity contribution in [1.82, 2.24) is 24.8 Å². The van der Waals surface area contributed by atoms with Gasteiger partial charge in [-0.3, -0.25) is 14.7 Å². The molecule has 3 aliphatic heterocycles. The molecule has 1 aliphatic carbocycles. The number of carbonyl (C=O) groups is 1. The van der Waals surface area contributed by atoms with E-state index in [0.29, 0.717) is 67.0 Å². The Morgan fingerprint density at radius 1 is 1.12 bits per heavy atom. The largest absolute Gasteiger partial charge is 0.508 e. The number of likely N-dealkylation sites (N-methyl/N-ethyl adjacent to an activating group) is 1. The number of likely N-dealkylation sites (tertiary alicyclic amines) is 2. The van der Waals surface area contributed by atoms with Gasteiger partial charge in [0.15, 0.2) is 5.82 Å². The highest BCUT2D eigenvalue weighted by molar-refractivity contribution is 6.03. The number of carboxylic acid groups (broad SMARTS) is 1. The van der Waals surface area contributed by atoms with Crippen molar-refractivity contribution < 1.29 is 33.3 Å². The number of aromatic hydroxyl groups is 1. The Balaban J connectivity index is 0.00000131. The van der Waals surface area contributed by atoms with Crippen LogP contribution in [0.15, 0.2) is 30.5 Å². The maximum absolute atomic E-state index is 16.9. The van der Waals surface area contributed by atoms with Crippen molar-refractivity contribution in [2.45, 2.75) is 50.6 Å². The number of aromatic nitrogens is 3. The van der Waals surface area contributed by atoms with Gasteiger partial charge in [0, 0.05) is 67.4 Å². The van der Waals surface area contributed by atoms with E-state index in [1.165, 1.54) is 24.3 Å². The smallest absolute Gasteiger partial charge is 0.319 e. The standard InChI is InChI=1S/C37H40F2N6O3.CH2O2/c1-3-26-29(38)9-8-23-17-25(46)18-27(31(23)26)33-32(39)34-28(19-40-33)35(44-12-6-15-47-16-14-44)42-36(41-34)48-22-37-10-4-7-30(37)45(13-5-11-37)24-20-43(2)21-24;2-1-3/h1,8-9,17-19,24,30,46H,4-7,10-16,20-22H2,2H3;1H,(H,2,3). The topological polar surface area (TPSA) is 124 Å². The number of piperidine rings is 1. The first-order valence-electron chi connectivity index (χ1n) is 17.5. The fraction of sp³-hybridized carbons (Fsp3) is 0.474. The van der Waals surface area contributed by atoms with Gasteiger partial charge >= 0.3 is 6.01 Å². The first-order valence-corrected chi connectivity index (χ1v) is 17.5. The van der Waals surface area contributed by atoms with Crippen molar-refractivity contribution in [2.24, 2.45) is 5.41 Å². The number of pyridine rings is 1. The molecule has 2 aromatic heterocycles. The highest BCUT2D eigenvalue weighted by atomic mass is 19.1. The van der Waals surface area contributed by atoms with Gasteiger partial charge < -0.3 is 29.5 Å². The zero-order valence-corrected chi connectivity index (χ0v) is 28.7. The van der Waals surface area contributed by atoms with Gasteiger partial charge in [-0.1, -0.05) is 18.4 Å². The monoisotopic (exact) mass is 700 g/mol. The molecule has 2 unspecified atom stereocenters. The summed E-state index contributed by atoms with van der Waals surface area (Å²) in [7, 11) is 2.17. The number of halogens is 2. The van der Waals surface area contributed by atoms with Gasteiger partial charge in [0.1, 0.15) is 28.6 Å². The highest BCUT2D eigenvalue weighted by Crippen LogP contribution is 2.49. The summed E-state index contributed by atoms with van der Waals surface area (Å²) in [6.07, 6.45) is 13.7. The number of phenols is 1. The first kappa shape index (κ1) is 34.8. The number of hydrogen-bond donors (Lipinski definition) is 2. The van der Waals surface area contributed by atoms with Crippen molar-refractivity contribution in [1.29, 1.82) is 0 Å². The molecule has 11 nitrogen and oxygen atoms in total. The molecule has 4 aromatic rings. The summed E-state index contributed by atoms with van der Waals surface area (Å²) in [5.74, 6) is 1.48. The van der Waals surface area contributed by atoms with Gasteiger partial charge in [-0.15, -0.1) is 6.42 Å². The van der Waals surface area contributed by atoms with E-state index in [-0.39, 0.29) is 46.0 Å². The third-order valence-corrected chi connectivity index (χ3v) is 11.0. The van der Waals surface area contributed by atoms with Crippen LogP contribution < -0.4 is 9.64 Å². The summed E-state index contributed by atoms with van der Waals surface area (Å²) in [5, 5.41) is 18.7. The molecule has 0 amide bonds.